The molecule has 1 N–H and O–H groups in total. The molecule has 138 valence electrons. The summed E-state index contributed by atoms with van der Waals surface area (Å²) in [5.74, 6) is 0.768. The number of anilines is 1. The predicted octanol–water partition coefficient (Wildman–Crippen LogP) is 1.81. The minimum absolute atomic E-state index is 0.0249. The molecule has 2 aliphatic heterocycles. The molecule has 2 atom stereocenters. The van der Waals surface area contributed by atoms with Crippen LogP contribution in [0, 0.1) is 5.92 Å². The number of para-hydroxylation sites is 1. The molecule has 0 aromatic heterocycles. The molecule has 0 bridgehead atoms. The molecule has 1 amide bonds. The van der Waals surface area contributed by atoms with Gasteiger partial charge in [-0.05, 0) is 44.2 Å². The van der Waals surface area contributed by atoms with E-state index in [1.807, 2.05) is 30.3 Å². The Morgan fingerprint density at radius 2 is 1.96 bits per heavy atom. The second-order valence-corrected chi connectivity index (χ2v) is 7.72. The molecule has 1 aromatic rings. The number of nitrogens with zero attached hydrogens (tertiary/aromatic N) is 3. The van der Waals surface area contributed by atoms with Crippen molar-refractivity contribution in [3.05, 3.63) is 30.3 Å². The fourth-order valence-corrected chi connectivity index (χ4v) is 3.83. The molecule has 2 unspecified atom stereocenters. The van der Waals surface area contributed by atoms with Crippen LogP contribution in [0.1, 0.15) is 32.6 Å². The molecule has 1 aliphatic carbocycles. The molecule has 0 spiro atoms. The molecule has 1 aromatic carbocycles. The number of likely N-dealkylation sites (tertiary alicyclic amines) is 1. The summed E-state index contributed by atoms with van der Waals surface area (Å²) in [6.45, 7) is 4.71. The topological polar surface area (TPSA) is 65.0 Å². The number of rotatable bonds is 6. The second-order valence-electron chi connectivity index (χ2n) is 7.72. The van der Waals surface area contributed by atoms with E-state index in [-0.39, 0.29) is 17.7 Å². The summed E-state index contributed by atoms with van der Waals surface area (Å²) in [5.41, 5.74) is 1.29. The summed E-state index contributed by atoms with van der Waals surface area (Å²) < 4.78 is 0. The molecule has 3 aliphatic rings. The van der Waals surface area contributed by atoms with Crippen LogP contribution < -0.4 is 10.3 Å². The van der Waals surface area contributed by atoms with Crippen LogP contribution in [0.3, 0.4) is 0 Å². The third-order valence-corrected chi connectivity index (χ3v) is 5.48. The van der Waals surface area contributed by atoms with Crippen LogP contribution in [0.25, 0.3) is 0 Å². The van der Waals surface area contributed by atoms with Crippen molar-refractivity contribution < 1.29 is 9.59 Å². The molecule has 4 rings (SSSR count). The maximum absolute atomic E-state index is 12.7. The van der Waals surface area contributed by atoms with Gasteiger partial charge < -0.3 is 10.2 Å². The van der Waals surface area contributed by atoms with Gasteiger partial charge in [0.25, 0.3) is 5.91 Å². The quantitative estimate of drug-likeness (QED) is 0.846. The number of ketones is 1. The Morgan fingerprint density at radius 3 is 2.65 bits per heavy atom. The molecule has 0 radical (unpaired) electrons. The van der Waals surface area contributed by atoms with Crippen LogP contribution in [-0.4, -0.2) is 54.0 Å². The summed E-state index contributed by atoms with van der Waals surface area (Å²) >= 11 is 0. The van der Waals surface area contributed by atoms with Gasteiger partial charge in [-0.25, -0.2) is 0 Å². The number of nitrogens with one attached hydrogen (secondary N) is 1. The van der Waals surface area contributed by atoms with Crippen LogP contribution >= 0.6 is 0 Å². The third-order valence-electron chi connectivity index (χ3n) is 5.48. The minimum Gasteiger partial charge on any atom is -0.347 e. The lowest BCUT2D eigenvalue weighted by Gasteiger charge is -2.20. The Morgan fingerprint density at radius 1 is 1.19 bits per heavy atom. The second kappa shape index (κ2) is 7.19. The largest absolute Gasteiger partial charge is 0.347 e. The van der Waals surface area contributed by atoms with Crippen molar-refractivity contribution in [2.75, 3.05) is 24.6 Å². The molecule has 2 heterocycles. The first-order valence-corrected chi connectivity index (χ1v) is 9.55. The predicted molar refractivity (Wildman–Crippen MR) is 101 cm³/mol. The van der Waals surface area contributed by atoms with E-state index in [1.54, 1.807) is 11.9 Å². The Kier molecular flexibility index (Phi) is 4.76. The molecule has 26 heavy (non-hydrogen) atoms. The highest BCUT2D eigenvalue weighted by Crippen LogP contribution is 2.31. The van der Waals surface area contributed by atoms with Crippen LogP contribution in [0.5, 0.6) is 0 Å². The highest BCUT2D eigenvalue weighted by molar-refractivity contribution is 6.40. The Hall–Kier alpha value is -2.21. The van der Waals surface area contributed by atoms with Gasteiger partial charge in [0.1, 0.15) is 11.8 Å². The molecule has 1 saturated carbocycles. The number of carbonyl (C=O) groups excluding carboxylic acids is 2. The number of hydrogen-bond acceptors (Lipinski definition) is 5. The van der Waals surface area contributed by atoms with Crippen molar-refractivity contribution in [1.29, 1.82) is 0 Å². The van der Waals surface area contributed by atoms with E-state index in [0.29, 0.717) is 12.1 Å². The van der Waals surface area contributed by atoms with Gasteiger partial charge in [-0.2, -0.15) is 5.10 Å². The van der Waals surface area contributed by atoms with Gasteiger partial charge in [0.15, 0.2) is 5.78 Å². The van der Waals surface area contributed by atoms with Crippen molar-refractivity contribution in [2.24, 2.45) is 11.0 Å². The molecule has 6 nitrogen and oxygen atoms in total. The zero-order chi connectivity index (χ0) is 18.1. The van der Waals surface area contributed by atoms with Gasteiger partial charge >= 0.3 is 0 Å². The molecular weight excluding hydrogens is 328 g/mol. The maximum atomic E-state index is 12.7. The van der Waals surface area contributed by atoms with Gasteiger partial charge in [-0.3, -0.25) is 14.6 Å². The zero-order valence-corrected chi connectivity index (χ0v) is 15.2. The summed E-state index contributed by atoms with van der Waals surface area (Å²) in [6, 6.07) is 9.35. The molecular formula is C20H26N4O2. The maximum Gasteiger partial charge on any atom is 0.267 e. The van der Waals surface area contributed by atoms with Crippen molar-refractivity contribution >= 4 is 23.1 Å². The summed E-state index contributed by atoms with van der Waals surface area (Å²) in [4.78, 5) is 27.2. The number of hydrazone groups is 1. The molecule has 2 fully saturated rings. The van der Waals surface area contributed by atoms with Crippen LogP contribution in [-0.2, 0) is 9.59 Å². The number of benzene rings is 1. The Bertz CT molecular complexity index is 714. The highest BCUT2D eigenvalue weighted by atomic mass is 16.2. The lowest BCUT2D eigenvalue weighted by Crippen LogP contribution is -2.41. The molecule has 1 saturated heterocycles. The van der Waals surface area contributed by atoms with Gasteiger partial charge in [-0.1, -0.05) is 18.2 Å². The van der Waals surface area contributed by atoms with Crippen molar-refractivity contribution in [2.45, 2.75) is 44.7 Å². The van der Waals surface area contributed by atoms with E-state index in [0.717, 1.165) is 31.1 Å². The van der Waals surface area contributed by atoms with Gasteiger partial charge in [0.2, 0.25) is 0 Å². The molecule has 6 heteroatoms. The van der Waals surface area contributed by atoms with Gasteiger partial charge in [0, 0.05) is 32.1 Å². The smallest absolute Gasteiger partial charge is 0.267 e. The average Bonchev–Trinajstić information content (AvgIpc) is 3.16. The van der Waals surface area contributed by atoms with E-state index in [9.17, 15) is 9.59 Å². The van der Waals surface area contributed by atoms with Crippen LogP contribution in [0.15, 0.2) is 35.4 Å². The van der Waals surface area contributed by atoms with Crippen LogP contribution in [0.4, 0.5) is 5.69 Å². The number of hydrogen-bond donors (Lipinski definition) is 1. The van der Waals surface area contributed by atoms with E-state index in [4.69, 9.17) is 0 Å². The van der Waals surface area contributed by atoms with Crippen molar-refractivity contribution in [3.8, 4) is 0 Å². The van der Waals surface area contributed by atoms with Crippen molar-refractivity contribution in [3.63, 3.8) is 0 Å². The number of Topliss-reactive ketones (excluding diaryl/α,β-unsaturated/α-hetero) is 1. The average molecular weight is 354 g/mol. The fraction of sp³-hybridized carbons (Fsp3) is 0.550. The SMILES string of the molecule is CC(=O)C1CC(C(=O)NC2CCN(CC3CC3)C2)=NN1c1ccccc1. The normalized spacial score (nSPS) is 26.0. The lowest BCUT2D eigenvalue weighted by molar-refractivity contribution is -0.118. The third kappa shape index (κ3) is 3.80. The van der Waals surface area contributed by atoms with E-state index in [1.165, 1.54) is 19.4 Å². The summed E-state index contributed by atoms with van der Waals surface area (Å²) in [7, 11) is 0. The summed E-state index contributed by atoms with van der Waals surface area (Å²) in [5, 5.41) is 9.30. The summed E-state index contributed by atoms with van der Waals surface area (Å²) in [6.07, 6.45) is 4.07. The van der Waals surface area contributed by atoms with E-state index < -0.39 is 6.04 Å². The van der Waals surface area contributed by atoms with E-state index in [2.05, 4.69) is 15.3 Å². The first-order valence-electron chi connectivity index (χ1n) is 9.55. The first-order chi connectivity index (χ1) is 12.6. The number of carbonyl (C=O) groups is 2. The fourth-order valence-electron chi connectivity index (χ4n) is 3.83. The van der Waals surface area contributed by atoms with E-state index >= 15 is 0 Å². The standard InChI is InChI=1S/C20H26N4O2/c1-14(25)19-11-18(22-24(19)17-5-3-2-4-6-17)20(26)21-16-9-10-23(13-16)12-15-7-8-15/h2-6,15-16,19H,7-13H2,1H3,(H,21,26). The van der Waals surface area contributed by atoms with Crippen molar-refractivity contribution in [1.82, 2.24) is 10.2 Å². The van der Waals surface area contributed by atoms with Gasteiger partial charge in [-0.15, -0.1) is 0 Å². The Labute approximate surface area is 154 Å². The number of amides is 1. The zero-order valence-electron chi connectivity index (χ0n) is 15.2. The monoisotopic (exact) mass is 354 g/mol. The van der Waals surface area contributed by atoms with Gasteiger partial charge in [0.05, 0.1) is 5.69 Å². The minimum atomic E-state index is -0.395. The van der Waals surface area contributed by atoms with Crippen LogP contribution in [0.2, 0.25) is 0 Å². The lowest BCUT2D eigenvalue weighted by atomic mass is 10.1. The first kappa shape index (κ1) is 17.2. The highest BCUT2D eigenvalue weighted by Gasteiger charge is 2.36. The Balaban J connectivity index is 1.40.